The van der Waals surface area contributed by atoms with Gasteiger partial charge in [0.05, 0.1) is 11.6 Å². The molecule has 1 aromatic carbocycles. The monoisotopic (exact) mass is 285 g/mol. The molecule has 1 N–H and O–H groups in total. The van der Waals surface area contributed by atoms with Crippen LogP contribution in [-0.2, 0) is 6.42 Å². The number of thiophene rings is 1. The summed E-state index contributed by atoms with van der Waals surface area (Å²) in [7, 11) is 0. The maximum Gasteiger partial charge on any atom is 0.252 e. The Kier molecular flexibility index (Phi) is 3.62. The van der Waals surface area contributed by atoms with Gasteiger partial charge in [0.2, 0.25) is 0 Å². The molecule has 1 aliphatic rings. The van der Waals surface area contributed by atoms with Crippen LogP contribution in [0.5, 0.6) is 0 Å². The molecule has 2 aromatic rings. The fourth-order valence-corrected chi connectivity index (χ4v) is 3.92. The number of nitrogens with one attached hydrogen (secondary N) is 1. The molecule has 0 radical (unpaired) electrons. The summed E-state index contributed by atoms with van der Waals surface area (Å²) in [6.07, 6.45) is 3.30. The standard InChI is InChI=1S/C17H19NOS/c1-11-10-15(12(2)20-11)17(19)18-16-9-5-7-13-6-3-4-8-14(13)16/h3-4,6,8,10,16H,5,7,9H2,1-2H3,(H,18,19)/t16-/m0/s1. The summed E-state index contributed by atoms with van der Waals surface area (Å²) >= 11 is 1.68. The van der Waals surface area contributed by atoms with Crippen molar-refractivity contribution in [1.29, 1.82) is 0 Å². The van der Waals surface area contributed by atoms with Gasteiger partial charge in [0.15, 0.2) is 0 Å². The lowest BCUT2D eigenvalue weighted by atomic mass is 9.87. The van der Waals surface area contributed by atoms with Crippen LogP contribution >= 0.6 is 11.3 Å². The van der Waals surface area contributed by atoms with E-state index in [1.54, 1.807) is 11.3 Å². The molecular formula is C17H19NOS. The van der Waals surface area contributed by atoms with Crippen LogP contribution < -0.4 is 5.32 Å². The zero-order valence-electron chi connectivity index (χ0n) is 11.9. The van der Waals surface area contributed by atoms with Crippen LogP contribution in [0, 0.1) is 13.8 Å². The first-order chi connectivity index (χ1) is 9.65. The Morgan fingerprint density at radius 1 is 1.30 bits per heavy atom. The van der Waals surface area contributed by atoms with Crippen LogP contribution in [-0.4, -0.2) is 5.91 Å². The number of hydrogen-bond acceptors (Lipinski definition) is 2. The predicted molar refractivity (Wildman–Crippen MR) is 83.4 cm³/mol. The van der Waals surface area contributed by atoms with E-state index in [0.717, 1.165) is 29.7 Å². The van der Waals surface area contributed by atoms with Crippen molar-refractivity contribution in [2.45, 2.75) is 39.2 Å². The summed E-state index contributed by atoms with van der Waals surface area (Å²) in [5.74, 6) is 0.0635. The van der Waals surface area contributed by atoms with E-state index in [9.17, 15) is 4.79 Å². The van der Waals surface area contributed by atoms with Gasteiger partial charge in [-0.05, 0) is 50.3 Å². The van der Waals surface area contributed by atoms with Crippen molar-refractivity contribution >= 4 is 17.2 Å². The quantitative estimate of drug-likeness (QED) is 0.881. The Morgan fingerprint density at radius 3 is 2.85 bits per heavy atom. The first kappa shape index (κ1) is 13.4. The van der Waals surface area contributed by atoms with E-state index in [2.05, 4.69) is 29.6 Å². The first-order valence-corrected chi connectivity index (χ1v) is 7.92. The topological polar surface area (TPSA) is 29.1 Å². The molecule has 1 amide bonds. The molecule has 1 aliphatic carbocycles. The van der Waals surface area contributed by atoms with Crippen LogP contribution in [0.4, 0.5) is 0 Å². The second-order valence-electron chi connectivity index (χ2n) is 5.44. The lowest BCUT2D eigenvalue weighted by Crippen LogP contribution is -2.31. The molecule has 1 heterocycles. The van der Waals surface area contributed by atoms with E-state index >= 15 is 0 Å². The Hall–Kier alpha value is -1.61. The SMILES string of the molecule is Cc1cc(C(=O)N[C@H]2CCCc3ccccc32)c(C)s1. The number of fused-ring (bicyclic) bond motifs is 1. The third-order valence-electron chi connectivity index (χ3n) is 3.96. The van der Waals surface area contributed by atoms with E-state index in [1.807, 2.05) is 19.9 Å². The van der Waals surface area contributed by atoms with E-state index in [-0.39, 0.29) is 11.9 Å². The summed E-state index contributed by atoms with van der Waals surface area (Å²) in [4.78, 5) is 14.7. The highest BCUT2D eigenvalue weighted by Crippen LogP contribution is 2.30. The van der Waals surface area contributed by atoms with Gasteiger partial charge in [-0.1, -0.05) is 24.3 Å². The van der Waals surface area contributed by atoms with Crippen LogP contribution in [0.1, 0.15) is 50.1 Å². The highest BCUT2D eigenvalue weighted by atomic mass is 32.1. The normalized spacial score (nSPS) is 17.6. The smallest absolute Gasteiger partial charge is 0.252 e. The molecule has 1 atom stereocenters. The molecule has 3 heteroatoms. The summed E-state index contributed by atoms with van der Waals surface area (Å²) < 4.78 is 0. The molecule has 3 rings (SSSR count). The Balaban J connectivity index is 1.82. The summed E-state index contributed by atoms with van der Waals surface area (Å²) in [6.45, 7) is 4.06. The van der Waals surface area contributed by atoms with E-state index < -0.39 is 0 Å². The van der Waals surface area contributed by atoms with Crippen molar-refractivity contribution in [2.75, 3.05) is 0 Å². The highest BCUT2D eigenvalue weighted by molar-refractivity contribution is 7.12. The molecule has 104 valence electrons. The van der Waals surface area contributed by atoms with Gasteiger partial charge < -0.3 is 5.32 Å². The molecule has 0 bridgehead atoms. The van der Waals surface area contributed by atoms with Gasteiger partial charge in [-0.15, -0.1) is 11.3 Å². The lowest BCUT2D eigenvalue weighted by molar-refractivity contribution is 0.0932. The van der Waals surface area contributed by atoms with Crippen molar-refractivity contribution in [3.8, 4) is 0 Å². The van der Waals surface area contributed by atoms with Gasteiger partial charge in [0.1, 0.15) is 0 Å². The molecule has 2 nitrogen and oxygen atoms in total. The van der Waals surface area contributed by atoms with Crippen LogP contribution in [0.3, 0.4) is 0 Å². The Labute approximate surface area is 123 Å². The number of aryl methyl sites for hydroxylation is 3. The number of amides is 1. The minimum absolute atomic E-state index is 0.0635. The molecule has 1 aromatic heterocycles. The fourth-order valence-electron chi connectivity index (χ4n) is 3.00. The van der Waals surface area contributed by atoms with Crippen molar-refractivity contribution in [3.05, 3.63) is 56.8 Å². The predicted octanol–water partition coefficient (Wildman–Crippen LogP) is 4.17. The largest absolute Gasteiger partial charge is 0.345 e. The zero-order chi connectivity index (χ0) is 14.1. The lowest BCUT2D eigenvalue weighted by Gasteiger charge is -2.26. The average Bonchev–Trinajstić information content (AvgIpc) is 2.78. The van der Waals surface area contributed by atoms with Gasteiger partial charge in [0, 0.05) is 9.75 Å². The second-order valence-corrected chi connectivity index (χ2v) is 6.90. The maximum atomic E-state index is 12.5. The molecule has 0 saturated carbocycles. The minimum Gasteiger partial charge on any atom is -0.345 e. The number of carbonyl (C=O) groups is 1. The Morgan fingerprint density at radius 2 is 2.10 bits per heavy atom. The van der Waals surface area contributed by atoms with Crippen molar-refractivity contribution < 1.29 is 4.79 Å². The average molecular weight is 285 g/mol. The van der Waals surface area contributed by atoms with Gasteiger partial charge in [-0.25, -0.2) is 0 Å². The van der Waals surface area contributed by atoms with Gasteiger partial charge in [-0.2, -0.15) is 0 Å². The Bertz CT molecular complexity index is 644. The maximum absolute atomic E-state index is 12.5. The molecule has 20 heavy (non-hydrogen) atoms. The van der Waals surface area contributed by atoms with Gasteiger partial charge >= 0.3 is 0 Å². The molecule has 0 spiro atoms. The third kappa shape index (κ3) is 2.50. The van der Waals surface area contributed by atoms with E-state index in [1.165, 1.54) is 16.0 Å². The fraction of sp³-hybridized carbons (Fsp3) is 0.353. The van der Waals surface area contributed by atoms with Crippen molar-refractivity contribution in [2.24, 2.45) is 0 Å². The number of carbonyl (C=O) groups excluding carboxylic acids is 1. The molecule has 0 saturated heterocycles. The molecule has 0 fully saturated rings. The van der Waals surface area contributed by atoms with Gasteiger partial charge in [0.25, 0.3) is 5.91 Å². The number of rotatable bonds is 2. The van der Waals surface area contributed by atoms with Crippen molar-refractivity contribution in [3.63, 3.8) is 0 Å². The second kappa shape index (κ2) is 5.41. The van der Waals surface area contributed by atoms with E-state index in [0.29, 0.717) is 0 Å². The van der Waals surface area contributed by atoms with E-state index in [4.69, 9.17) is 0 Å². The van der Waals surface area contributed by atoms with Crippen LogP contribution in [0.15, 0.2) is 30.3 Å². The third-order valence-corrected chi connectivity index (χ3v) is 4.93. The number of hydrogen-bond donors (Lipinski definition) is 1. The van der Waals surface area contributed by atoms with Gasteiger partial charge in [-0.3, -0.25) is 4.79 Å². The number of benzene rings is 1. The van der Waals surface area contributed by atoms with Crippen LogP contribution in [0.25, 0.3) is 0 Å². The molecule has 0 unspecified atom stereocenters. The summed E-state index contributed by atoms with van der Waals surface area (Å²) in [5.41, 5.74) is 3.49. The molecule has 0 aliphatic heterocycles. The zero-order valence-corrected chi connectivity index (χ0v) is 12.7. The molecular weight excluding hydrogens is 266 g/mol. The minimum atomic E-state index is 0.0635. The highest BCUT2D eigenvalue weighted by Gasteiger charge is 2.22. The first-order valence-electron chi connectivity index (χ1n) is 7.11. The van der Waals surface area contributed by atoms with Crippen molar-refractivity contribution in [1.82, 2.24) is 5.32 Å². The van der Waals surface area contributed by atoms with Crippen LogP contribution in [0.2, 0.25) is 0 Å². The summed E-state index contributed by atoms with van der Waals surface area (Å²) in [6, 6.07) is 10.6. The summed E-state index contributed by atoms with van der Waals surface area (Å²) in [5, 5.41) is 3.21.